The van der Waals surface area contributed by atoms with Crippen LogP contribution in [0.2, 0.25) is 5.02 Å². The Balaban J connectivity index is 2.56. The van der Waals surface area contributed by atoms with E-state index in [1.807, 2.05) is 27.7 Å². The summed E-state index contributed by atoms with van der Waals surface area (Å²) in [7, 11) is 0. The Morgan fingerprint density at radius 2 is 2.14 bits per heavy atom. The molecule has 0 unspecified atom stereocenters. The molecule has 0 fully saturated rings. The van der Waals surface area contributed by atoms with Gasteiger partial charge >= 0.3 is 5.76 Å². The molecular weight excluding hydrogens is 304 g/mol. The number of aryl methyl sites for hydroxylation is 1. The van der Waals surface area contributed by atoms with Gasteiger partial charge in [-0.3, -0.25) is 0 Å². The quantitative estimate of drug-likeness (QED) is 0.815. The molecule has 2 aromatic rings. The molecule has 0 atom stereocenters. The lowest BCUT2D eigenvalue weighted by Gasteiger charge is -2.12. The molecule has 0 aliphatic carbocycles. The highest BCUT2D eigenvalue weighted by Crippen LogP contribution is 2.29. The van der Waals surface area contributed by atoms with Gasteiger partial charge in [-0.15, -0.1) is 11.5 Å². The van der Waals surface area contributed by atoms with Crippen molar-refractivity contribution in [2.75, 3.05) is 6.61 Å². The van der Waals surface area contributed by atoms with Gasteiger partial charge in [-0.2, -0.15) is 4.68 Å². The first-order valence-electron chi connectivity index (χ1n) is 6.71. The Kier molecular flexibility index (Phi) is 4.34. The zero-order valence-corrected chi connectivity index (χ0v) is 13.7. The summed E-state index contributed by atoms with van der Waals surface area (Å²) in [4.78, 5) is 12.1. The molecule has 0 aliphatic rings. The minimum atomic E-state index is -0.599. The molecule has 1 heterocycles. The second-order valence-corrected chi connectivity index (χ2v) is 6.30. The van der Waals surface area contributed by atoms with E-state index < -0.39 is 5.76 Å². The first kappa shape index (κ1) is 16.2. The van der Waals surface area contributed by atoms with Crippen LogP contribution in [-0.2, 0) is 5.41 Å². The molecule has 0 spiro atoms. The van der Waals surface area contributed by atoms with Crippen LogP contribution in [0.1, 0.15) is 32.2 Å². The standard InChI is InChI=1S/C16H17ClN2O3/c1-6-7-21-13-9-12(11(17)8-10(13)2)19-15(20)22-14(18-19)16(3,4)5/h1,8-9H,7H2,2-5H3. The Labute approximate surface area is 133 Å². The number of hydrogen-bond acceptors (Lipinski definition) is 4. The molecule has 1 aromatic heterocycles. The Hall–Kier alpha value is -2.19. The topological polar surface area (TPSA) is 57.3 Å². The van der Waals surface area contributed by atoms with Gasteiger partial charge in [0.1, 0.15) is 12.4 Å². The summed E-state index contributed by atoms with van der Waals surface area (Å²) in [6.45, 7) is 7.68. The van der Waals surface area contributed by atoms with Crippen LogP contribution in [0.25, 0.3) is 5.69 Å². The third-order valence-corrected chi connectivity index (χ3v) is 3.28. The van der Waals surface area contributed by atoms with Crippen molar-refractivity contribution in [3.05, 3.63) is 39.2 Å². The van der Waals surface area contributed by atoms with Crippen LogP contribution in [0.4, 0.5) is 0 Å². The third kappa shape index (κ3) is 3.18. The van der Waals surface area contributed by atoms with Crippen LogP contribution in [0.15, 0.2) is 21.3 Å². The van der Waals surface area contributed by atoms with E-state index in [1.54, 1.807) is 12.1 Å². The van der Waals surface area contributed by atoms with Gasteiger partial charge in [-0.1, -0.05) is 38.3 Å². The summed E-state index contributed by atoms with van der Waals surface area (Å²) in [5.74, 6) is 2.68. The van der Waals surface area contributed by atoms with E-state index in [0.717, 1.165) is 10.2 Å². The van der Waals surface area contributed by atoms with Crippen molar-refractivity contribution in [1.29, 1.82) is 0 Å². The number of benzene rings is 1. The second-order valence-electron chi connectivity index (χ2n) is 5.90. The van der Waals surface area contributed by atoms with Crippen LogP contribution in [-0.4, -0.2) is 16.4 Å². The van der Waals surface area contributed by atoms with Crippen molar-refractivity contribution < 1.29 is 9.15 Å². The maximum atomic E-state index is 12.1. The molecule has 0 bridgehead atoms. The first-order chi connectivity index (χ1) is 10.2. The van der Waals surface area contributed by atoms with Gasteiger partial charge in [0.05, 0.1) is 10.7 Å². The van der Waals surface area contributed by atoms with Crippen LogP contribution in [0, 0.1) is 19.3 Å². The number of ether oxygens (including phenoxy) is 1. The number of terminal acetylenes is 1. The summed E-state index contributed by atoms with van der Waals surface area (Å²) >= 11 is 6.23. The first-order valence-corrected chi connectivity index (χ1v) is 7.09. The average Bonchev–Trinajstić information content (AvgIpc) is 2.80. The number of halogens is 1. The van der Waals surface area contributed by atoms with E-state index in [1.165, 1.54) is 0 Å². The maximum absolute atomic E-state index is 12.1. The molecule has 0 N–H and O–H groups in total. The van der Waals surface area contributed by atoms with Gasteiger partial charge < -0.3 is 9.15 Å². The highest BCUT2D eigenvalue weighted by Gasteiger charge is 2.24. The molecule has 2 rings (SSSR count). The summed E-state index contributed by atoms with van der Waals surface area (Å²) in [6, 6.07) is 3.33. The van der Waals surface area contributed by atoms with Crippen molar-refractivity contribution in [3.63, 3.8) is 0 Å². The van der Waals surface area contributed by atoms with Crippen molar-refractivity contribution >= 4 is 11.6 Å². The molecule has 0 radical (unpaired) electrons. The summed E-state index contributed by atoms with van der Waals surface area (Å²) in [5, 5.41) is 4.60. The van der Waals surface area contributed by atoms with Crippen molar-refractivity contribution in [2.24, 2.45) is 0 Å². The molecule has 5 nitrogen and oxygen atoms in total. The van der Waals surface area contributed by atoms with E-state index in [2.05, 4.69) is 11.0 Å². The van der Waals surface area contributed by atoms with Crippen LogP contribution >= 0.6 is 11.6 Å². The predicted molar refractivity (Wildman–Crippen MR) is 84.9 cm³/mol. The number of nitrogens with zero attached hydrogens (tertiary/aromatic N) is 2. The highest BCUT2D eigenvalue weighted by molar-refractivity contribution is 6.32. The fourth-order valence-electron chi connectivity index (χ4n) is 1.81. The minimum Gasteiger partial charge on any atom is -0.481 e. The fraction of sp³-hybridized carbons (Fsp3) is 0.375. The number of rotatable bonds is 3. The third-order valence-electron chi connectivity index (χ3n) is 2.97. The van der Waals surface area contributed by atoms with E-state index in [-0.39, 0.29) is 12.0 Å². The van der Waals surface area contributed by atoms with Crippen molar-refractivity contribution in [3.8, 4) is 23.8 Å². The molecule has 6 heteroatoms. The lowest BCUT2D eigenvalue weighted by atomic mass is 9.97. The summed E-state index contributed by atoms with van der Waals surface area (Å²) < 4.78 is 11.8. The predicted octanol–water partition coefficient (Wildman–Crippen LogP) is 3.10. The smallest absolute Gasteiger partial charge is 0.442 e. The largest absolute Gasteiger partial charge is 0.481 e. The monoisotopic (exact) mass is 320 g/mol. The Morgan fingerprint density at radius 1 is 1.45 bits per heavy atom. The second kappa shape index (κ2) is 5.90. The molecule has 116 valence electrons. The zero-order chi connectivity index (χ0) is 16.5. The van der Waals surface area contributed by atoms with Crippen LogP contribution in [0.5, 0.6) is 5.75 Å². The van der Waals surface area contributed by atoms with Crippen molar-refractivity contribution in [1.82, 2.24) is 9.78 Å². The van der Waals surface area contributed by atoms with Crippen LogP contribution in [0.3, 0.4) is 0 Å². The maximum Gasteiger partial charge on any atom is 0.442 e. The number of aromatic nitrogens is 2. The Morgan fingerprint density at radius 3 is 2.68 bits per heavy atom. The minimum absolute atomic E-state index is 0.128. The van der Waals surface area contributed by atoms with E-state index in [4.69, 9.17) is 27.2 Å². The molecule has 0 amide bonds. The lowest BCUT2D eigenvalue weighted by molar-refractivity contribution is 0.367. The SMILES string of the molecule is C#CCOc1cc(-n2nc(C(C)(C)C)oc2=O)c(Cl)cc1C. The molecule has 1 aromatic carbocycles. The average molecular weight is 321 g/mol. The zero-order valence-electron chi connectivity index (χ0n) is 12.9. The number of hydrogen-bond donors (Lipinski definition) is 0. The van der Waals surface area contributed by atoms with Gasteiger partial charge in [0.25, 0.3) is 0 Å². The Bertz CT molecular complexity index is 791. The highest BCUT2D eigenvalue weighted by atomic mass is 35.5. The van der Waals surface area contributed by atoms with Gasteiger partial charge in [0.15, 0.2) is 0 Å². The van der Waals surface area contributed by atoms with E-state index in [0.29, 0.717) is 22.4 Å². The van der Waals surface area contributed by atoms with Crippen LogP contribution < -0.4 is 10.5 Å². The van der Waals surface area contributed by atoms with Crippen molar-refractivity contribution in [2.45, 2.75) is 33.1 Å². The molecule has 0 saturated heterocycles. The van der Waals surface area contributed by atoms with Gasteiger partial charge in [-0.05, 0) is 18.6 Å². The van der Waals surface area contributed by atoms with Gasteiger partial charge in [-0.25, -0.2) is 4.79 Å². The normalized spacial score (nSPS) is 11.3. The summed E-state index contributed by atoms with van der Waals surface area (Å²) in [6.07, 6.45) is 5.20. The lowest BCUT2D eigenvalue weighted by Crippen LogP contribution is -2.15. The van der Waals surface area contributed by atoms with E-state index >= 15 is 0 Å². The molecule has 0 saturated carbocycles. The fourth-order valence-corrected chi connectivity index (χ4v) is 2.11. The van der Waals surface area contributed by atoms with Gasteiger partial charge in [0, 0.05) is 11.5 Å². The van der Waals surface area contributed by atoms with E-state index in [9.17, 15) is 4.79 Å². The summed E-state index contributed by atoms with van der Waals surface area (Å²) in [5.41, 5.74) is 0.824. The molecule has 0 aliphatic heterocycles. The van der Waals surface area contributed by atoms with Gasteiger partial charge in [0.2, 0.25) is 5.89 Å². The molecular formula is C16H17ClN2O3. The molecule has 22 heavy (non-hydrogen) atoms.